The summed E-state index contributed by atoms with van der Waals surface area (Å²) in [6.07, 6.45) is 11.1. The van der Waals surface area contributed by atoms with Gasteiger partial charge in [0, 0.05) is 36.5 Å². The van der Waals surface area contributed by atoms with Crippen molar-refractivity contribution < 1.29 is 9.32 Å². The van der Waals surface area contributed by atoms with E-state index < -0.39 is 0 Å². The van der Waals surface area contributed by atoms with Crippen LogP contribution in [-0.4, -0.2) is 33.5 Å². The Morgan fingerprint density at radius 2 is 2.12 bits per heavy atom. The SMILES string of the molecule is O=C(c1noc2c1CCCC2)N1CCCC[C@@H]1CCc1ccccn1. The van der Waals surface area contributed by atoms with Crippen LogP contribution >= 0.6 is 0 Å². The number of aryl methyl sites for hydroxylation is 2. The lowest BCUT2D eigenvalue weighted by Gasteiger charge is -2.35. The van der Waals surface area contributed by atoms with Crippen molar-refractivity contribution in [2.75, 3.05) is 6.54 Å². The van der Waals surface area contributed by atoms with E-state index in [0.717, 1.165) is 74.9 Å². The summed E-state index contributed by atoms with van der Waals surface area (Å²) < 4.78 is 5.46. The molecular weight excluding hydrogens is 314 g/mol. The molecule has 1 aliphatic carbocycles. The highest BCUT2D eigenvalue weighted by Gasteiger charge is 2.32. The molecule has 1 amide bonds. The van der Waals surface area contributed by atoms with Gasteiger partial charge in [-0.2, -0.15) is 0 Å². The van der Waals surface area contributed by atoms with E-state index in [2.05, 4.69) is 16.2 Å². The average molecular weight is 339 g/mol. The van der Waals surface area contributed by atoms with E-state index in [1.54, 1.807) is 0 Å². The van der Waals surface area contributed by atoms with Gasteiger partial charge in [-0.3, -0.25) is 9.78 Å². The number of amides is 1. The molecule has 2 aromatic heterocycles. The molecule has 0 aromatic carbocycles. The van der Waals surface area contributed by atoms with Crippen LogP contribution in [0.5, 0.6) is 0 Å². The second-order valence-electron chi connectivity index (χ2n) is 7.15. The zero-order valence-corrected chi connectivity index (χ0v) is 14.6. The van der Waals surface area contributed by atoms with Gasteiger partial charge in [-0.1, -0.05) is 11.2 Å². The summed E-state index contributed by atoms with van der Waals surface area (Å²) in [6, 6.07) is 6.30. The number of hydrogen-bond acceptors (Lipinski definition) is 4. The molecular formula is C20H25N3O2. The number of likely N-dealkylation sites (tertiary alicyclic amines) is 1. The minimum atomic E-state index is 0.0672. The molecule has 3 heterocycles. The van der Waals surface area contributed by atoms with Crippen LogP contribution in [0.3, 0.4) is 0 Å². The minimum absolute atomic E-state index is 0.0672. The van der Waals surface area contributed by atoms with Crippen LogP contribution in [0.1, 0.15) is 66.0 Å². The van der Waals surface area contributed by atoms with E-state index in [9.17, 15) is 4.79 Å². The standard InChI is InChI=1S/C20H25N3O2/c24-20(19-17-9-1-2-10-18(17)25-22-19)23-14-6-4-8-16(23)12-11-15-7-3-5-13-21-15/h3,5,7,13,16H,1-2,4,6,8-12,14H2/t16-/m1/s1. The third-order valence-electron chi connectivity index (χ3n) is 5.50. The third kappa shape index (κ3) is 3.46. The van der Waals surface area contributed by atoms with Crippen molar-refractivity contribution >= 4 is 5.91 Å². The molecule has 1 aliphatic heterocycles. The number of fused-ring (bicyclic) bond motifs is 1. The van der Waals surface area contributed by atoms with Crippen molar-refractivity contribution in [3.8, 4) is 0 Å². The highest BCUT2D eigenvalue weighted by atomic mass is 16.5. The Hall–Kier alpha value is -2.17. The van der Waals surface area contributed by atoms with Crippen LogP contribution in [0.4, 0.5) is 0 Å². The molecule has 0 bridgehead atoms. The zero-order valence-electron chi connectivity index (χ0n) is 14.6. The molecule has 0 spiro atoms. The van der Waals surface area contributed by atoms with Crippen LogP contribution < -0.4 is 0 Å². The van der Waals surface area contributed by atoms with Gasteiger partial charge in [0.15, 0.2) is 5.69 Å². The predicted octanol–water partition coefficient (Wildman–Crippen LogP) is 3.58. The van der Waals surface area contributed by atoms with E-state index in [-0.39, 0.29) is 11.9 Å². The van der Waals surface area contributed by atoms with Crippen molar-refractivity contribution in [1.82, 2.24) is 15.0 Å². The lowest BCUT2D eigenvalue weighted by molar-refractivity contribution is 0.0590. The molecule has 0 N–H and O–H groups in total. The number of hydrogen-bond donors (Lipinski definition) is 0. The second-order valence-corrected chi connectivity index (χ2v) is 7.15. The summed E-state index contributed by atoms with van der Waals surface area (Å²) in [5, 5.41) is 4.15. The van der Waals surface area contributed by atoms with E-state index in [1.165, 1.54) is 6.42 Å². The maximum absolute atomic E-state index is 13.1. The van der Waals surface area contributed by atoms with Crippen LogP contribution in [0.25, 0.3) is 0 Å². The smallest absolute Gasteiger partial charge is 0.276 e. The molecule has 132 valence electrons. The fraction of sp³-hybridized carbons (Fsp3) is 0.550. The summed E-state index contributed by atoms with van der Waals surface area (Å²) in [5.41, 5.74) is 2.73. The largest absolute Gasteiger partial charge is 0.360 e. The zero-order chi connectivity index (χ0) is 17.1. The molecule has 1 fully saturated rings. The van der Waals surface area contributed by atoms with Crippen molar-refractivity contribution in [1.29, 1.82) is 0 Å². The molecule has 0 radical (unpaired) electrons. The van der Waals surface area contributed by atoms with Crippen molar-refractivity contribution in [2.45, 2.75) is 63.8 Å². The van der Waals surface area contributed by atoms with Crippen molar-refractivity contribution in [3.63, 3.8) is 0 Å². The van der Waals surface area contributed by atoms with E-state index >= 15 is 0 Å². The van der Waals surface area contributed by atoms with Gasteiger partial charge in [0.2, 0.25) is 0 Å². The molecule has 4 rings (SSSR count). The first-order valence-electron chi connectivity index (χ1n) is 9.51. The summed E-state index contributed by atoms with van der Waals surface area (Å²) in [4.78, 5) is 19.6. The molecule has 0 saturated carbocycles. The van der Waals surface area contributed by atoms with E-state index in [1.807, 2.05) is 23.2 Å². The Bertz CT molecular complexity index is 726. The van der Waals surface area contributed by atoms with Crippen LogP contribution in [0, 0.1) is 0 Å². The number of carbonyl (C=O) groups is 1. The number of carbonyl (C=O) groups excluding carboxylic acids is 1. The Kier molecular flexibility index (Phi) is 4.81. The van der Waals surface area contributed by atoms with Crippen molar-refractivity contribution in [3.05, 3.63) is 47.1 Å². The van der Waals surface area contributed by atoms with Gasteiger partial charge in [0.25, 0.3) is 5.91 Å². The summed E-state index contributed by atoms with van der Waals surface area (Å²) in [5.74, 6) is 0.995. The number of piperidine rings is 1. The molecule has 2 aromatic rings. The number of rotatable bonds is 4. The van der Waals surface area contributed by atoms with Gasteiger partial charge >= 0.3 is 0 Å². The highest BCUT2D eigenvalue weighted by Crippen LogP contribution is 2.28. The average Bonchev–Trinajstić information content (AvgIpc) is 3.11. The Labute approximate surface area is 148 Å². The quantitative estimate of drug-likeness (QED) is 0.854. The fourth-order valence-electron chi connectivity index (χ4n) is 4.12. The first-order valence-corrected chi connectivity index (χ1v) is 9.51. The molecule has 0 unspecified atom stereocenters. The monoisotopic (exact) mass is 339 g/mol. The van der Waals surface area contributed by atoms with Gasteiger partial charge < -0.3 is 9.42 Å². The first-order chi connectivity index (χ1) is 12.3. The highest BCUT2D eigenvalue weighted by molar-refractivity contribution is 5.94. The van der Waals surface area contributed by atoms with Gasteiger partial charge in [0.05, 0.1) is 0 Å². The van der Waals surface area contributed by atoms with Crippen LogP contribution in [0.2, 0.25) is 0 Å². The molecule has 1 atom stereocenters. The lowest BCUT2D eigenvalue weighted by atomic mass is 9.94. The van der Waals surface area contributed by atoms with Crippen molar-refractivity contribution in [2.24, 2.45) is 0 Å². The maximum atomic E-state index is 13.1. The van der Waals surface area contributed by atoms with Gasteiger partial charge in [-0.25, -0.2) is 0 Å². The van der Waals surface area contributed by atoms with Gasteiger partial charge in [-0.15, -0.1) is 0 Å². The van der Waals surface area contributed by atoms with Crippen LogP contribution in [-0.2, 0) is 19.3 Å². The minimum Gasteiger partial charge on any atom is -0.360 e. The summed E-state index contributed by atoms with van der Waals surface area (Å²) in [7, 11) is 0. The second kappa shape index (κ2) is 7.38. The number of aromatic nitrogens is 2. The first kappa shape index (κ1) is 16.3. The fourth-order valence-corrected chi connectivity index (χ4v) is 4.12. The predicted molar refractivity (Wildman–Crippen MR) is 94.4 cm³/mol. The van der Waals surface area contributed by atoms with Crippen LogP contribution in [0.15, 0.2) is 28.9 Å². The lowest BCUT2D eigenvalue weighted by Crippen LogP contribution is -2.44. The Morgan fingerprint density at radius 3 is 3.00 bits per heavy atom. The molecule has 25 heavy (non-hydrogen) atoms. The molecule has 2 aliphatic rings. The number of nitrogens with zero attached hydrogens (tertiary/aromatic N) is 3. The molecule has 5 nitrogen and oxygen atoms in total. The maximum Gasteiger partial charge on any atom is 0.276 e. The Balaban J connectivity index is 1.48. The normalized spacial score (nSPS) is 20.3. The Morgan fingerprint density at radius 1 is 1.20 bits per heavy atom. The summed E-state index contributed by atoms with van der Waals surface area (Å²) >= 11 is 0. The molecule has 5 heteroatoms. The topological polar surface area (TPSA) is 59.2 Å². The summed E-state index contributed by atoms with van der Waals surface area (Å²) in [6.45, 7) is 0.827. The van der Waals surface area contributed by atoms with E-state index in [4.69, 9.17) is 4.52 Å². The number of pyridine rings is 1. The molecule has 1 saturated heterocycles. The van der Waals surface area contributed by atoms with Gasteiger partial charge in [0.1, 0.15) is 5.76 Å². The third-order valence-corrected chi connectivity index (χ3v) is 5.50. The van der Waals surface area contributed by atoms with E-state index in [0.29, 0.717) is 5.69 Å². The van der Waals surface area contributed by atoms with Gasteiger partial charge in [-0.05, 0) is 63.5 Å².